The Balaban J connectivity index is 1.66. The zero-order chi connectivity index (χ0) is 18.9. The van der Waals surface area contributed by atoms with Crippen LogP contribution in [0.5, 0.6) is 0 Å². The van der Waals surface area contributed by atoms with E-state index >= 15 is 0 Å². The third-order valence-corrected chi connectivity index (χ3v) is 6.58. The van der Waals surface area contributed by atoms with Gasteiger partial charge in [0.2, 0.25) is 5.95 Å². The second kappa shape index (κ2) is 7.47. The van der Waals surface area contributed by atoms with Gasteiger partial charge in [0, 0.05) is 17.7 Å². The van der Waals surface area contributed by atoms with Gasteiger partial charge in [0.15, 0.2) is 0 Å². The van der Waals surface area contributed by atoms with E-state index in [1.165, 1.54) is 50.0 Å². The highest BCUT2D eigenvalue weighted by Gasteiger charge is 2.39. The fraction of sp³-hybridized carbons (Fsp3) is 0.545. The summed E-state index contributed by atoms with van der Waals surface area (Å²) in [6.07, 6.45) is 13.1. The molecule has 4 heterocycles. The molecule has 1 aromatic heterocycles. The zero-order valence-electron chi connectivity index (χ0n) is 16.4. The molecule has 3 fully saturated rings. The molecule has 0 amide bonds. The molecule has 0 unspecified atom stereocenters. The second-order valence-corrected chi connectivity index (χ2v) is 8.20. The number of nitrogens with one attached hydrogen (secondary N) is 1. The summed E-state index contributed by atoms with van der Waals surface area (Å²) in [6.45, 7) is 10.8. The summed E-state index contributed by atoms with van der Waals surface area (Å²) in [5.41, 5.74) is 11.1. The van der Waals surface area contributed by atoms with E-state index in [-0.39, 0.29) is 0 Å². The fourth-order valence-corrected chi connectivity index (χ4v) is 4.88. The molecular formula is C22H31N5. The van der Waals surface area contributed by atoms with E-state index in [9.17, 15) is 0 Å². The molecule has 1 aromatic rings. The molecule has 3 saturated heterocycles. The smallest absolute Gasteiger partial charge is 0.222 e. The quantitative estimate of drug-likeness (QED) is 0.830. The van der Waals surface area contributed by atoms with E-state index in [4.69, 9.17) is 5.73 Å². The molecule has 0 atom stereocenters. The first-order chi connectivity index (χ1) is 13.1. The van der Waals surface area contributed by atoms with E-state index in [2.05, 4.69) is 45.8 Å². The molecule has 5 nitrogen and oxygen atoms in total. The molecule has 5 heteroatoms. The minimum atomic E-state index is 0.341. The predicted molar refractivity (Wildman–Crippen MR) is 113 cm³/mol. The number of nitrogens with zero attached hydrogens (tertiary/aromatic N) is 3. The monoisotopic (exact) mass is 365 g/mol. The lowest BCUT2D eigenvalue weighted by Gasteiger charge is -2.48. The maximum absolute atomic E-state index is 6.11. The van der Waals surface area contributed by atoms with E-state index in [0.717, 1.165) is 42.9 Å². The summed E-state index contributed by atoms with van der Waals surface area (Å²) in [7, 11) is 0. The molecule has 27 heavy (non-hydrogen) atoms. The highest BCUT2D eigenvalue weighted by atomic mass is 15.2. The van der Waals surface area contributed by atoms with Gasteiger partial charge >= 0.3 is 0 Å². The molecule has 0 radical (unpaired) electrons. The Bertz CT molecular complexity index is 770. The van der Waals surface area contributed by atoms with Gasteiger partial charge in [0.05, 0.1) is 5.69 Å². The van der Waals surface area contributed by atoms with E-state index in [1.807, 2.05) is 6.08 Å². The molecule has 2 bridgehead atoms. The van der Waals surface area contributed by atoms with Crippen LogP contribution in [0.25, 0.3) is 5.57 Å². The Morgan fingerprint density at radius 3 is 2.59 bits per heavy atom. The number of rotatable bonds is 5. The van der Waals surface area contributed by atoms with Gasteiger partial charge in [-0.3, -0.25) is 0 Å². The van der Waals surface area contributed by atoms with Crippen molar-refractivity contribution in [3.8, 4) is 0 Å². The fourth-order valence-electron chi connectivity index (χ4n) is 4.88. The van der Waals surface area contributed by atoms with Crippen LogP contribution in [0.3, 0.4) is 0 Å². The minimum Gasteiger partial charge on any atom is -0.369 e. The van der Waals surface area contributed by atoms with Gasteiger partial charge in [-0.15, -0.1) is 0 Å². The molecule has 3 N–H and O–H groups in total. The third-order valence-electron chi connectivity index (χ3n) is 6.58. The van der Waals surface area contributed by atoms with Crippen LogP contribution in [0.1, 0.15) is 50.3 Å². The predicted octanol–water partition coefficient (Wildman–Crippen LogP) is 3.81. The van der Waals surface area contributed by atoms with Crippen LogP contribution in [-0.4, -0.2) is 41.0 Å². The van der Waals surface area contributed by atoms with E-state index in [1.54, 1.807) is 0 Å². The Hall–Kier alpha value is -2.14. The number of allylic oxidation sites excluding steroid dienone is 5. The van der Waals surface area contributed by atoms with Gasteiger partial charge in [-0.1, -0.05) is 24.8 Å². The molecule has 0 saturated carbocycles. The minimum absolute atomic E-state index is 0.341. The van der Waals surface area contributed by atoms with Crippen molar-refractivity contribution in [3.63, 3.8) is 0 Å². The summed E-state index contributed by atoms with van der Waals surface area (Å²) in [5.74, 6) is 1.27. The third kappa shape index (κ3) is 3.53. The number of anilines is 2. The van der Waals surface area contributed by atoms with Gasteiger partial charge < -0.3 is 16.0 Å². The number of aromatic nitrogens is 2. The average molecular weight is 366 g/mol. The van der Waals surface area contributed by atoms with Crippen molar-refractivity contribution in [2.45, 2.75) is 45.4 Å². The molecule has 0 spiro atoms. The Kier molecular flexibility index (Phi) is 5.04. The number of hydrogen-bond donors (Lipinski definition) is 2. The highest BCUT2D eigenvalue weighted by Crippen LogP contribution is 2.41. The second-order valence-electron chi connectivity index (χ2n) is 8.20. The SMILES string of the molecule is C=CC1=C(/C=C\C)CCCc2c(NCC34CCN(CC3)CC4)nc(N)nc21. The molecule has 4 aliphatic rings. The molecule has 5 rings (SSSR count). The summed E-state index contributed by atoms with van der Waals surface area (Å²) in [5, 5.41) is 3.69. The Labute approximate surface area is 162 Å². The molecule has 3 aliphatic heterocycles. The van der Waals surface area contributed by atoms with E-state index in [0.29, 0.717) is 11.4 Å². The van der Waals surface area contributed by atoms with Crippen molar-refractivity contribution in [2.75, 3.05) is 37.2 Å². The van der Waals surface area contributed by atoms with Crippen LogP contribution in [0.2, 0.25) is 0 Å². The lowest BCUT2D eigenvalue weighted by atomic mass is 9.72. The van der Waals surface area contributed by atoms with Crippen molar-refractivity contribution >= 4 is 17.3 Å². The summed E-state index contributed by atoms with van der Waals surface area (Å²) >= 11 is 0. The van der Waals surface area contributed by atoms with E-state index < -0.39 is 0 Å². The number of nitrogens with two attached hydrogens (primary N) is 1. The van der Waals surface area contributed by atoms with Crippen molar-refractivity contribution in [2.24, 2.45) is 5.41 Å². The highest BCUT2D eigenvalue weighted by molar-refractivity contribution is 5.80. The van der Waals surface area contributed by atoms with Crippen molar-refractivity contribution < 1.29 is 0 Å². The molecular weight excluding hydrogens is 334 g/mol. The summed E-state index contributed by atoms with van der Waals surface area (Å²) in [4.78, 5) is 11.8. The van der Waals surface area contributed by atoms with Gasteiger partial charge in [-0.25, -0.2) is 4.98 Å². The summed E-state index contributed by atoms with van der Waals surface area (Å²) < 4.78 is 0. The van der Waals surface area contributed by atoms with Crippen molar-refractivity contribution in [1.29, 1.82) is 0 Å². The molecule has 1 aliphatic carbocycles. The Morgan fingerprint density at radius 1 is 1.19 bits per heavy atom. The van der Waals surface area contributed by atoms with Gasteiger partial charge in [0.25, 0.3) is 0 Å². The van der Waals surface area contributed by atoms with Crippen LogP contribution in [0.15, 0.2) is 30.4 Å². The lowest BCUT2D eigenvalue weighted by Crippen LogP contribution is -2.51. The Morgan fingerprint density at radius 2 is 1.93 bits per heavy atom. The number of nitrogen functional groups attached to an aromatic ring is 1. The van der Waals surface area contributed by atoms with Crippen LogP contribution < -0.4 is 11.1 Å². The van der Waals surface area contributed by atoms with Crippen LogP contribution in [0.4, 0.5) is 11.8 Å². The van der Waals surface area contributed by atoms with Gasteiger partial charge in [0.1, 0.15) is 5.82 Å². The number of fused-ring (bicyclic) bond motifs is 4. The number of piperidine rings is 3. The summed E-state index contributed by atoms with van der Waals surface area (Å²) in [6, 6.07) is 0. The standard InChI is InChI=1S/C22H31N5/c1-3-6-16-7-5-8-18-19(17(16)4-2)25-21(23)26-20(18)24-15-22-9-12-27(13-10-22)14-11-22/h3-4,6H,2,5,7-15H2,1H3,(H3,23,24,25,26)/b6-3-. The first kappa shape index (κ1) is 18.2. The number of hydrogen-bond acceptors (Lipinski definition) is 5. The normalized spacial score (nSPS) is 27.5. The first-order valence-corrected chi connectivity index (χ1v) is 10.3. The molecule has 0 aromatic carbocycles. The van der Waals surface area contributed by atoms with Crippen LogP contribution >= 0.6 is 0 Å². The average Bonchev–Trinajstić information content (AvgIpc) is 2.86. The van der Waals surface area contributed by atoms with Gasteiger partial charge in [-0.05, 0) is 76.1 Å². The largest absolute Gasteiger partial charge is 0.369 e. The lowest BCUT2D eigenvalue weighted by molar-refractivity contribution is 0.0360. The molecule has 144 valence electrons. The first-order valence-electron chi connectivity index (χ1n) is 10.3. The van der Waals surface area contributed by atoms with Gasteiger partial charge in [-0.2, -0.15) is 4.98 Å². The van der Waals surface area contributed by atoms with Crippen LogP contribution in [0, 0.1) is 5.41 Å². The van der Waals surface area contributed by atoms with Crippen molar-refractivity contribution in [3.05, 3.63) is 41.6 Å². The zero-order valence-corrected chi connectivity index (χ0v) is 16.4. The van der Waals surface area contributed by atoms with Crippen LogP contribution in [-0.2, 0) is 6.42 Å². The maximum atomic E-state index is 6.11. The topological polar surface area (TPSA) is 67.1 Å². The maximum Gasteiger partial charge on any atom is 0.222 e. The van der Waals surface area contributed by atoms with Crippen molar-refractivity contribution in [1.82, 2.24) is 14.9 Å².